The number of rotatable bonds is 8. The number of likely N-dealkylation sites (tertiary alicyclic amines) is 1. The van der Waals surface area contributed by atoms with Crippen molar-refractivity contribution in [1.29, 1.82) is 0 Å². The molecule has 0 aromatic heterocycles. The predicted molar refractivity (Wildman–Crippen MR) is 121 cm³/mol. The molecule has 1 N–H and O–H groups in total. The van der Waals surface area contributed by atoms with Gasteiger partial charge in [-0.1, -0.05) is 24.6 Å². The summed E-state index contributed by atoms with van der Waals surface area (Å²) < 4.78 is 87.1. The molecule has 4 nitrogen and oxygen atoms in total. The van der Waals surface area contributed by atoms with Crippen molar-refractivity contribution in [3.63, 3.8) is 0 Å². The number of β-amino-alcohol motifs (C(OH)–C–C–N with tert-alkyl or cyclic N) is 1. The van der Waals surface area contributed by atoms with Gasteiger partial charge in [-0.2, -0.15) is 13.2 Å². The second kappa shape index (κ2) is 10.5. The van der Waals surface area contributed by atoms with E-state index in [2.05, 4.69) is 9.64 Å². The molecular formula is C26H29F6NO3. The average Bonchev–Trinajstić information content (AvgIpc) is 2.77. The highest BCUT2D eigenvalue weighted by atomic mass is 19.4. The molecule has 0 amide bonds. The Morgan fingerprint density at radius 1 is 0.972 bits per heavy atom. The first-order chi connectivity index (χ1) is 17.0. The van der Waals surface area contributed by atoms with Crippen LogP contribution in [0.4, 0.5) is 26.3 Å². The van der Waals surface area contributed by atoms with Crippen LogP contribution in [0.25, 0.3) is 0 Å². The van der Waals surface area contributed by atoms with Gasteiger partial charge in [0.2, 0.25) is 0 Å². The minimum atomic E-state index is -4.82. The number of halogens is 6. The minimum absolute atomic E-state index is 0.117. The molecule has 10 heteroatoms. The van der Waals surface area contributed by atoms with Crippen LogP contribution in [0, 0.1) is 5.92 Å². The predicted octanol–water partition coefficient (Wildman–Crippen LogP) is 6.18. The Morgan fingerprint density at radius 3 is 2.28 bits per heavy atom. The minimum Gasteiger partial charge on any atom is -0.493 e. The first-order valence-corrected chi connectivity index (χ1v) is 12.0. The van der Waals surface area contributed by atoms with Crippen LogP contribution in [0.2, 0.25) is 0 Å². The van der Waals surface area contributed by atoms with Crippen molar-refractivity contribution in [1.82, 2.24) is 4.90 Å². The Kier molecular flexibility index (Phi) is 7.75. The molecule has 4 rings (SSSR count). The molecule has 36 heavy (non-hydrogen) atoms. The lowest BCUT2D eigenvalue weighted by Gasteiger charge is -2.48. The first kappa shape index (κ1) is 26.6. The maximum absolute atomic E-state index is 13.0. The fraction of sp³-hybridized carbons (Fsp3) is 0.538. The fourth-order valence-electron chi connectivity index (χ4n) is 5.26. The van der Waals surface area contributed by atoms with Gasteiger partial charge >= 0.3 is 12.5 Å². The SMILES string of the molecule is OC(CN1CCCC(COc2ccc(C(F)(F)F)cc2)C1)C1(c2ccccc2OC(F)(F)F)CCC1. The van der Waals surface area contributed by atoms with Gasteiger partial charge in [0.1, 0.15) is 11.5 Å². The maximum Gasteiger partial charge on any atom is 0.573 e. The monoisotopic (exact) mass is 517 g/mol. The second-order valence-corrected chi connectivity index (χ2v) is 9.67. The van der Waals surface area contributed by atoms with Crippen molar-refractivity contribution >= 4 is 0 Å². The Morgan fingerprint density at radius 2 is 1.67 bits per heavy atom. The third-order valence-electron chi connectivity index (χ3n) is 7.23. The highest BCUT2D eigenvalue weighted by Crippen LogP contribution is 2.50. The number of ether oxygens (including phenoxy) is 2. The summed E-state index contributed by atoms with van der Waals surface area (Å²) in [5.41, 5.74) is -1.16. The number of nitrogens with zero attached hydrogens (tertiary/aromatic N) is 1. The smallest absolute Gasteiger partial charge is 0.493 e. The van der Waals surface area contributed by atoms with Crippen LogP contribution < -0.4 is 9.47 Å². The largest absolute Gasteiger partial charge is 0.573 e. The van der Waals surface area contributed by atoms with Crippen LogP contribution in [-0.4, -0.2) is 48.7 Å². The standard InChI is InChI=1S/C26H29F6NO3/c27-25(28,29)19-8-10-20(11-9-19)35-17-18-5-3-14-33(15-18)16-23(34)24(12-4-13-24)21-6-1-2-7-22(21)36-26(30,31)32/h1-2,6-11,18,23,34H,3-5,12-17H2. The van der Waals surface area contributed by atoms with E-state index in [-0.39, 0.29) is 11.7 Å². The molecule has 2 atom stereocenters. The number of aliphatic hydroxyl groups is 1. The molecule has 0 spiro atoms. The molecule has 1 aliphatic carbocycles. The van der Waals surface area contributed by atoms with E-state index in [1.165, 1.54) is 24.3 Å². The van der Waals surface area contributed by atoms with E-state index in [1.54, 1.807) is 12.1 Å². The van der Waals surface area contributed by atoms with E-state index in [9.17, 15) is 31.4 Å². The van der Waals surface area contributed by atoms with Gasteiger partial charge in [-0.05, 0) is 62.6 Å². The summed E-state index contributed by atoms with van der Waals surface area (Å²) in [6.07, 6.45) is -6.42. The van der Waals surface area contributed by atoms with E-state index in [0.717, 1.165) is 37.9 Å². The van der Waals surface area contributed by atoms with Gasteiger partial charge in [-0.15, -0.1) is 13.2 Å². The van der Waals surface area contributed by atoms with Crippen LogP contribution >= 0.6 is 0 Å². The highest BCUT2D eigenvalue weighted by molar-refractivity contribution is 5.42. The molecule has 0 bridgehead atoms. The number of hydrogen-bond acceptors (Lipinski definition) is 4. The van der Waals surface area contributed by atoms with E-state index >= 15 is 0 Å². The summed E-state index contributed by atoms with van der Waals surface area (Å²) in [6.45, 7) is 1.99. The van der Waals surface area contributed by atoms with Crippen molar-refractivity contribution < 1.29 is 40.9 Å². The van der Waals surface area contributed by atoms with E-state index in [4.69, 9.17) is 4.74 Å². The van der Waals surface area contributed by atoms with Gasteiger partial charge < -0.3 is 19.5 Å². The van der Waals surface area contributed by atoms with E-state index < -0.39 is 29.6 Å². The van der Waals surface area contributed by atoms with Crippen LogP contribution in [0.3, 0.4) is 0 Å². The molecule has 2 aromatic rings. The van der Waals surface area contributed by atoms with Gasteiger partial charge in [-0.3, -0.25) is 0 Å². The number of hydrogen-bond donors (Lipinski definition) is 1. The molecular weight excluding hydrogens is 488 g/mol. The lowest BCUT2D eigenvalue weighted by atomic mass is 9.60. The van der Waals surface area contributed by atoms with Crippen LogP contribution in [0.5, 0.6) is 11.5 Å². The van der Waals surface area contributed by atoms with Crippen LogP contribution in [-0.2, 0) is 11.6 Å². The number of aliphatic hydroxyl groups excluding tert-OH is 1. The molecule has 1 aliphatic heterocycles. The third kappa shape index (κ3) is 6.26. The Bertz CT molecular complexity index is 1000. The lowest BCUT2D eigenvalue weighted by molar-refractivity contribution is -0.275. The van der Waals surface area contributed by atoms with E-state index in [0.29, 0.717) is 43.9 Å². The van der Waals surface area contributed by atoms with Crippen molar-refractivity contribution in [2.24, 2.45) is 5.92 Å². The third-order valence-corrected chi connectivity index (χ3v) is 7.23. The zero-order valence-electron chi connectivity index (χ0n) is 19.6. The van der Waals surface area contributed by atoms with Gasteiger partial charge in [0, 0.05) is 30.0 Å². The van der Waals surface area contributed by atoms with Gasteiger partial charge in [0.25, 0.3) is 0 Å². The zero-order valence-corrected chi connectivity index (χ0v) is 19.6. The molecule has 1 saturated heterocycles. The summed E-state index contributed by atoms with van der Waals surface area (Å²) in [5.74, 6) is 0.200. The summed E-state index contributed by atoms with van der Waals surface area (Å²) in [7, 11) is 0. The molecule has 0 radical (unpaired) electrons. The van der Waals surface area contributed by atoms with Crippen LogP contribution in [0.15, 0.2) is 48.5 Å². The normalized spacial score (nSPS) is 21.5. The highest BCUT2D eigenvalue weighted by Gasteiger charge is 2.48. The van der Waals surface area contributed by atoms with Crippen LogP contribution in [0.1, 0.15) is 43.2 Å². The Hall–Kier alpha value is -2.46. The zero-order chi connectivity index (χ0) is 26.0. The quantitative estimate of drug-likeness (QED) is 0.425. The maximum atomic E-state index is 13.0. The molecule has 2 unspecified atom stereocenters. The Balaban J connectivity index is 1.37. The number of piperidine rings is 1. The number of alkyl halides is 6. The molecule has 1 saturated carbocycles. The molecule has 2 aromatic carbocycles. The average molecular weight is 518 g/mol. The van der Waals surface area contributed by atoms with Gasteiger partial charge in [0.15, 0.2) is 0 Å². The molecule has 198 valence electrons. The van der Waals surface area contributed by atoms with Gasteiger partial charge in [0.05, 0.1) is 18.3 Å². The van der Waals surface area contributed by atoms with Gasteiger partial charge in [-0.25, -0.2) is 0 Å². The van der Waals surface area contributed by atoms with Crippen molar-refractivity contribution in [3.05, 3.63) is 59.7 Å². The topological polar surface area (TPSA) is 41.9 Å². The number of para-hydroxylation sites is 1. The van der Waals surface area contributed by atoms with E-state index in [1.807, 2.05) is 0 Å². The molecule has 2 aliphatic rings. The lowest BCUT2D eigenvalue weighted by Crippen LogP contribution is -2.52. The summed E-state index contributed by atoms with van der Waals surface area (Å²) in [6, 6.07) is 10.6. The Labute approximate surface area is 205 Å². The molecule has 2 fully saturated rings. The first-order valence-electron chi connectivity index (χ1n) is 12.0. The molecule has 1 heterocycles. The summed E-state index contributed by atoms with van der Waals surface area (Å²) in [4.78, 5) is 2.09. The van der Waals surface area contributed by atoms with Crippen molar-refractivity contribution in [3.8, 4) is 11.5 Å². The summed E-state index contributed by atoms with van der Waals surface area (Å²) in [5, 5.41) is 11.2. The summed E-state index contributed by atoms with van der Waals surface area (Å²) >= 11 is 0. The second-order valence-electron chi connectivity index (χ2n) is 9.67. The van der Waals surface area contributed by atoms with Crippen molar-refractivity contribution in [2.45, 2.75) is 56.2 Å². The van der Waals surface area contributed by atoms with Crippen molar-refractivity contribution in [2.75, 3.05) is 26.2 Å². The number of benzene rings is 2. The fourth-order valence-corrected chi connectivity index (χ4v) is 5.26.